The molecule has 0 bridgehead atoms. The molecular formula is C15H26N4O. The number of aromatic nitrogens is 1. The number of anilines is 1. The van der Waals surface area contributed by atoms with Crippen molar-refractivity contribution in [1.82, 2.24) is 14.8 Å². The highest BCUT2D eigenvalue weighted by atomic mass is 16.2. The second kappa shape index (κ2) is 7.85. The van der Waals surface area contributed by atoms with Crippen LogP contribution in [0.4, 0.5) is 5.69 Å². The molecule has 0 aliphatic rings. The highest BCUT2D eigenvalue weighted by molar-refractivity contribution is 5.78. The molecule has 1 aromatic heterocycles. The van der Waals surface area contributed by atoms with Gasteiger partial charge in [0.05, 0.1) is 18.3 Å². The molecule has 0 aliphatic heterocycles. The van der Waals surface area contributed by atoms with Crippen molar-refractivity contribution in [3.63, 3.8) is 0 Å². The standard InChI is InChI=1S/C15H26N4O/c1-12(2)11-19(8-7-18(3)4)15(20)9-14-6-5-13(16)10-17-14/h5-6,10,12H,7-9,11,16H2,1-4H3. The Hall–Kier alpha value is -1.62. The number of amides is 1. The van der Waals surface area contributed by atoms with E-state index in [4.69, 9.17) is 5.73 Å². The van der Waals surface area contributed by atoms with Crippen molar-refractivity contribution in [2.45, 2.75) is 20.3 Å². The molecule has 0 atom stereocenters. The van der Waals surface area contributed by atoms with E-state index < -0.39 is 0 Å². The van der Waals surface area contributed by atoms with Gasteiger partial charge < -0.3 is 15.5 Å². The number of pyridine rings is 1. The molecule has 112 valence electrons. The lowest BCUT2D eigenvalue weighted by molar-refractivity contribution is -0.131. The quantitative estimate of drug-likeness (QED) is 0.815. The van der Waals surface area contributed by atoms with Crippen molar-refractivity contribution in [3.05, 3.63) is 24.0 Å². The van der Waals surface area contributed by atoms with Gasteiger partial charge in [0.2, 0.25) is 5.91 Å². The zero-order valence-corrected chi connectivity index (χ0v) is 13.0. The number of nitrogen functional groups attached to an aromatic ring is 1. The van der Waals surface area contributed by atoms with E-state index >= 15 is 0 Å². The van der Waals surface area contributed by atoms with Gasteiger partial charge in [-0.05, 0) is 32.1 Å². The number of nitrogens with two attached hydrogens (primary N) is 1. The molecule has 1 aromatic rings. The van der Waals surface area contributed by atoms with E-state index in [1.807, 2.05) is 25.1 Å². The van der Waals surface area contributed by atoms with Crippen LogP contribution in [0.15, 0.2) is 18.3 Å². The van der Waals surface area contributed by atoms with Crippen LogP contribution in [0.25, 0.3) is 0 Å². The Kier molecular flexibility index (Phi) is 6.45. The van der Waals surface area contributed by atoms with E-state index in [1.165, 1.54) is 0 Å². The summed E-state index contributed by atoms with van der Waals surface area (Å²) < 4.78 is 0. The van der Waals surface area contributed by atoms with Gasteiger partial charge >= 0.3 is 0 Å². The second-order valence-electron chi connectivity index (χ2n) is 5.80. The smallest absolute Gasteiger partial charge is 0.228 e. The number of carbonyl (C=O) groups excluding carboxylic acids is 1. The average Bonchev–Trinajstić information content (AvgIpc) is 2.36. The first kappa shape index (κ1) is 16.4. The maximum atomic E-state index is 12.4. The zero-order chi connectivity index (χ0) is 15.1. The van der Waals surface area contributed by atoms with Crippen LogP contribution in [-0.2, 0) is 11.2 Å². The molecule has 5 heteroatoms. The van der Waals surface area contributed by atoms with E-state index in [1.54, 1.807) is 12.3 Å². The first-order valence-electron chi connectivity index (χ1n) is 7.01. The Morgan fingerprint density at radius 1 is 1.30 bits per heavy atom. The predicted octanol–water partition coefficient (Wildman–Crippen LogP) is 1.25. The van der Waals surface area contributed by atoms with Gasteiger partial charge in [-0.2, -0.15) is 0 Å². The molecule has 0 saturated heterocycles. The van der Waals surface area contributed by atoms with Crippen LogP contribution in [0.1, 0.15) is 19.5 Å². The molecule has 1 heterocycles. The molecule has 0 spiro atoms. The molecule has 5 nitrogen and oxygen atoms in total. The summed E-state index contributed by atoms with van der Waals surface area (Å²) in [5.74, 6) is 0.582. The van der Waals surface area contributed by atoms with Crippen LogP contribution < -0.4 is 5.73 Å². The number of hydrogen-bond acceptors (Lipinski definition) is 4. The molecule has 0 fully saturated rings. The van der Waals surface area contributed by atoms with Crippen molar-refractivity contribution in [3.8, 4) is 0 Å². The number of carbonyl (C=O) groups is 1. The minimum atomic E-state index is 0.123. The third-order valence-corrected chi connectivity index (χ3v) is 2.94. The van der Waals surface area contributed by atoms with Crippen molar-refractivity contribution < 1.29 is 4.79 Å². The molecular weight excluding hydrogens is 252 g/mol. The third-order valence-electron chi connectivity index (χ3n) is 2.94. The summed E-state index contributed by atoms with van der Waals surface area (Å²) in [7, 11) is 4.03. The summed E-state index contributed by atoms with van der Waals surface area (Å²) in [5, 5.41) is 0. The van der Waals surface area contributed by atoms with Crippen LogP contribution in [0.3, 0.4) is 0 Å². The monoisotopic (exact) mass is 278 g/mol. The van der Waals surface area contributed by atoms with Crippen LogP contribution >= 0.6 is 0 Å². The van der Waals surface area contributed by atoms with Gasteiger partial charge in [-0.1, -0.05) is 13.8 Å². The van der Waals surface area contributed by atoms with Gasteiger partial charge in [0, 0.05) is 25.3 Å². The third kappa shape index (κ3) is 6.02. The van der Waals surface area contributed by atoms with Crippen LogP contribution in [-0.4, -0.2) is 54.4 Å². The van der Waals surface area contributed by atoms with Gasteiger partial charge in [0.25, 0.3) is 0 Å². The number of hydrogen-bond donors (Lipinski definition) is 1. The highest BCUT2D eigenvalue weighted by Gasteiger charge is 2.16. The molecule has 20 heavy (non-hydrogen) atoms. The molecule has 0 saturated carbocycles. The predicted molar refractivity (Wildman–Crippen MR) is 82.3 cm³/mol. The minimum Gasteiger partial charge on any atom is -0.397 e. The first-order chi connectivity index (χ1) is 9.38. The number of rotatable bonds is 7. The fourth-order valence-electron chi connectivity index (χ4n) is 1.89. The van der Waals surface area contributed by atoms with Gasteiger partial charge in [-0.3, -0.25) is 9.78 Å². The lowest BCUT2D eigenvalue weighted by Gasteiger charge is -2.26. The summed E-state index contributed by atoms with van der Waals surface area (Å²) in [6.07, 6.45) is 1.93. The molecule has 1 amide bonds. The number of nitrogens with zero attached hydrogens (tertiary/aromatic N) is 3. The first-order valence-corrected chi connectivity index (χ1v) is 7.01. The van der Waals surface area contributed by atoms with E-state index in [2.05, 4.69) is 23.7 Å². The summed E-state index contributed by atoms with van der Waals surface area (Å²) in [5.41, 5.74) is 6.99. The molecule has 2 N–H and O–H groups in total. The highest BCUT2D eigenvalue weighted by Crippen LogP contribution is 2.06. The maximum absolute atomic E-state index is 12.4. The van der Waals surface area contributed by atoms with Crippen LogP contribution in [0, 0.1) is 5.92 Å². The van der Waals surface area contributed by atoms with Gasteiger partial charge in [-0.15, -0.1) is 0 Å². The molecule has 0 radical (unpaired) electrons. The van der Waals surface area contributed by atoms with E-state index in [-0.39, 0.29) is 5.91 Å². The topological polar surface area (TPSA) is 62.5 Å². The summed E-state index contributed by atoms with van der Waals surface area (Å²) in [6.45, 7) is 6.64. The Morgan fingerprint density at radius 2 is 2.00 bits per heavy atom. The Balaban J connectivity index is 2.64. The Morgan fingerprint density at radius 3 is 2.50 bits per heavy atom. The molecule has 1 rings (SSSR count). The second-order valence-corrected chi connectivity index (χ2v) is 5.80. The molecule has 0 aromatic carbocycles. The van der Waals surface area contributed by atoms with E-state index in [0.29, 0.717) is 18.0 Å². The Labute approximate surface area is 121 Å². The number of likely N-dealkylation sites (N-methyl/N-ethyl adjacent to an activating group) is 1. The van der Waals surface area contributed by atoms with Gasteiger partial charge in [0.15, 0.2) is 0 Å². The normalized spacial score (nSPS) is 11.1. The van der Waals surface area contributed by atoms with E-state index in [0.717, 1.165) is 25.3 Å². The van der Waals surface area contributed by atoms with Gasteiger partial charge in [-0.25, -0.2) is 0 Å². The van der Waals surface area contributed by atoms with Crippen LogP contribution in [0.2, 0.25) is 0 Å². The Bertz CT molecular complexity index is 414. The summed E-state index contributed by atoms with van der Waals surface area (Å²) in [4.78, 5) is 20.6. The van der Waals surface area contributed by atoms with Crippen molar-refractivity contribution in [2.75, 3.05) is 39.5 Å². The molecule has 0 aliphatic carbocycles. The largest absolute Gasteiger partial charge is 0.397 e. The summed E-state index contributed by atoms with van der Waals surface area (Å²) >= 11 is 0. The summed E-state index contributed by atoms with van der Waals surface area (Å²) in [6, 6.07) is 3.59. The van der Waals surface area contributed by atoms with Crippen molar-refractivity contribution in [2.24, 2.45) is 5.92 Å². The molecule has 0 unspecified atom stereocenters. The van der Waals surface area contributed by atoms with E-state index in [9.17, 15) is 4.79 Å². The van der Waals surface area contributed by atoms with Crippen molar-refractivity contribution >= 4 is 11.6 Å². The fourth-order valence-corrected chi connectivity index (χ4v) is 1.89. The maximum Gasteiger partial charge on any atom is 0.228 e. The zero-order valence-electron chi connectivity index (χ0n) is 13.0. The van der Waals surface area contributed by atoms with Crippen molar-refractivity contribution in [1.29, 1.82) is 0 Å². The van der Waals surface area contributed by atoms with Crippen LogP contribution in [0.5, 0.6) is 0 Å². The minimum absolute atomic E-state index is 0.123. The lowest BCUT2D eigenvalue weighted by atomic mass is 10.2. The van der Waals surface area contributed by atoms with Gasteiger partial charge in [0.1, 0.15) is 0 Å². The lowest BCUT2D eigenvalue weighted by Crippen LogP contribution is -2.39. The fraction of sp³-hybridized carbons (Fsp3) is 0.600. The SMILES string of the molecule is CC(C)CN(CCN(C)C)C(=O)Cc1ccc(N)cn1. The average molecular weight is 278 g/mol.